The summed E-state index contributed by atoms with van der Waals surface area (Å²) in [5.41, 5.74) is 1.27. The molecule has 1 aliphatic rings. The molecule has 0 saturated carbocycles. The van der Waals surface area contributed by atoms with E-state index in [4.69, 9.17) is 4.74 Å². The molecule has 6 nitrogen and oxygen atoms in total. The van der Waals surface area contributed by atoms with Crippen molar-refractivity contribution in [2.45, 2.75) is 23.8 Å². The molecule has 0 radical (unpaired) electrons. The zero-order valence-corrected chi connectivity index (χ0v) is 15.4. The molecule has 1 amide bonds. The van der Waals surface area contributed by atoms with Crippen molar-refractivity contribution in [1.82, 2.24) is 4.31 Å². The molecule has 1 fully saturated rings. The number of sulfonamides is 1. The predicted molar refractivity (Wildman–Crippen MR) is 99.3 cm³/mol. The molecule has 2 aromatic carbocycles. The molecule has 2 aromatic rings. The maximum Gasteiger partial charge on any atom is 0.258 e. The molecule has 0 spiro atoms. The van der Waals surface area contributed by atoms with Crippen molar-refractivity contribution in [2.24, 2.45) is 0 Å². The molecule has 7 heteroatoms. The van der Waals surface area contributed by atoms with E-state index in [1.54, 1.807) is 12.1 Å². The lowest BCUT2D eigenvalue weighted by Crippen LogP contribution is -2.27. The minimum Gasteiger partial charge on any atom is -0.367 e. The third kappa shape index (κ3) is 3.95. The van der Waals surface area contributed by atoms with Gasteiger partial charge in [-0.05, 0) is 42.7 Å². The highest BCUT2D eigenvalue weighted by Gasteiger charge is 2.27. The highest BCUT2D eigenvalue weighted by Crippen LogP contribution is 2.23. The fraction of sp³-hybridized carbons (Fsp3) is 0.316. The maximum absolute atomic E-state index is 12.5. The summed E-state index contributed by atoms with van der Waals surface area (Å²) in [6, 6.07) is 15.4. The summed E-state index contributed by atoms with van der Waals surface area (Å²) < 4.78 is 31.9. The number of amides is 1. The number of carbonyl (C=O) groups excluding carboxylic acids is 1. The van der Waals surface area contributed by atoms with Gasteiger partial charge >= 0.3 is 0 Å². The zero-order valence-electron chi connectivity index (χ0n) is 14.6. The van der Waals surface area contributed by atoms with Crippen molar-refractivity contribution in [3.8, 4) is 0 Å². The Morgan fingerprint density at radius 3 is 2.23 bits per heavy atom. The van der Waals surface area contributed by atoms with Gasteiger partial charge in [-0.15, -0.1) is 0 Å². The van der Waals surface area contributed by atoms with Gasteiger partial charge in [-0.1, -0.05) is 30.3 Å². The van der Waals surface area contributed by atoms with E-state index < -0.39 is 16.1 Å². The van der Waals surface area contributed by atoms with Crippen LogP contribution in [-0.4, -0.2) is 38.8 Å². The SMILES string of the molecule is CO[C@H](C(=O)Nc1ccc(S(=O)(=O)N2CCCC2)cc1)c1ccccc1. The van der Waals surface area contributed by atoms with Crippen LogP contribution in [0, 0.1) is 0 Å². The minimum absolute atomic E-state index is 0.240. The first-order chi connectivity index (χ1) is 12.5. The smallest absolute Gasteiger partial charge is 0.258 e. The summed E-state index contributed by atoms with van der Waals surface area (Å²) in [4.78, 5) is 12.7. The minimum atomic E-state index is -3.45. The molecular formula is C19H22N2O4S. The Labute approximate surface area is 153 Å². The van der Waals surface area contributed by atoms with Gasteiger partial charge in [0.25, 0.3) is 5.91 Å². The van der Waals surface area contributed by atoms with Crippen molar-refractivity contribution in [1.29, 1.82) is 0 Å². The van der Waals surface area contributed by atoms with E-state index in [1.165, 1.54) is 23.5 Å². The number of nitrogens with one attached hydrogen (secondary N) is 1. The normalized spacial score (nSPS) is 16.3. The Hall–Kier alpha value is -2.22. The lowest BCUT2D eigenvalue weighted by molar-refractivity contribution is -0.126. The number of benzene rings is 2. The van der Waals surface area contributed by atoms with Crippen molar-refractivity contribution in [3.05, 3.63) is 60.2 Å². The van der Waals surface area contributed by atoms with Crippen LogP contribution in [0.25, 0.3) is 0 Å². The largest absolute Gasteiger partial charge is 0.367 e. The Bertz CT molecular complexity index is 845. The second kappa shape index (κ2) is 7.99. The van der Waals surface area contributed by atoms with Crippen LogP contribution >= 0.6 is 0 Å². The molecule has 0 aromatic heterocycles. The highest BCUT2D eigenvalue weighted by atomic mass is 32.2. The Morgan fingerprint density at radius 1 is 1.04 bits per heavy atom. The maximum atomic E-state index is 12.5. The molecule has 1 heterocycles. The summed E-state index contributed by atoms with van der Waals surface area (Å²) >= 11 is 0. The number of methoxy groups -OCH3 is 1. The van der Waals surface area contributed by atoms with Gasteiger partial charge in [-0.2, -0.15) is 4.31 Å². The molecule has 138 valence electrons. The molecule has 0 aliphatic carbocycles. The molecule has 1 saturated heterocycles. The average Bonchev–Trinajstić information content (AvgIpc) is 3.19. The van der Waals surface area contributed by atoms with Crippen LogP contribution in [0.4, 0.5) is 5.69 Å². The summed E-state index contributed by atoms with van der Waals surface area (Å²) in [6.45, 7) is 1.13. The molecule has 0 bridgehead atoms. The molecule has 26 heavy (non-hydrogen) atoms. The lowest BCUT2D eigenvalue weighted by Gasteiger charge is -2.17. The van der Waals surface area contributed by atoms with Crippen LogP contribution < -0.4 is 5.32 Å². The topological polar surface area (TPSA) is 75.7 Å². The molecule has 1 aliphatic heterocycles. The second-order valence-corrected chi connectivity index (χ2v) is 8.09. The highest BCUT2D eigenvalue weighted by molar-refractivity contribution is 7.89. The first kappa shape index (κ1) is 18.6. The van der Waals surface area contributed by atoms with Gasteiger partial charge in [0, 0.05) is 25.9 Å². The van der Waals surface area contributed by atoms with Crippen molar-refractivity contribution in [2.75, 3.05) is 25.5 Å². The van der Waals surface area contributed by atoms with E-state index in [9.17, 15) is 13.2 Å². The molecule has 1 atom stereocenters. The summed E-state index contributed by atoms with van der Waals surface area (Å²) in [5.74, 6) is -0.311. The number of ether oxygens (including phenoxy) is 1. The van der Waals surface area contributed by atoms with Crippen LogP contribution in [0.1, 0.15) is 24.5 Å². The molecular weight excluding hydrogens is 352 g/mol. The van der Waals surface area contributed by atoms with Crippen LogP contribution in [0.5, 0.6) is 0 Å². The van der Waals surface area contributed by atoms with E-state index in [1.807, 2.05) is 30.3 Å². The van der Waals surface area contributed by atoms with Crippen molar-refractivity contribution in [3.63, 3.8) is 0 Å². The van der Waals surface area contributed by atoms with E-state index in [2.05, 4.69) is 5.32 Å². The fourth-order valence-corrected chi connectivity index (χ4v) is 4.53. The number of carbonyl (C=O) groups is 1. The Balaban J connectivity index is 1.72. The standard InChI is InChI=1S/C19H22N2O4S/c1-25-18(15-7-3-2-4-8-15)19(22)20-16-9-11-17(12-10-16)26(23,24)21-13-5-6-14-21/h2-4,7-12,18H,5-6,13-14H2,1H3,(H,20,22)/t18-/m0/s1. The Morgan fingerprint density at radius 2 is 1.65 bits per heavy atom. The monoisotopic (exact) mass is 374 g/mol. The summed E-state index contributed by atoms with van der Waals surface area (Å²) in [7, 11) is -1.98. The van der Waals surface area contributed by atoms with Gasteiger partial charge < -0.3 is 10.1 Å². The second-order valence-electron chi connectivity index (χ2n) is 6.15. The van der Waals surface area contributed by atoms with Gasteiger partial charge in [-0.3, -0.25) is 4.79 Å². The van der Waals surface area contributed by atoms with Gasteiger partial charge in [0.2, 0.25) is 10.0 Å². The van der Waals surface area contributed by atoms with E-state index in [0.29, 0.717) is 18.8 Å². The third-order valence-electron chi connectivity index (χ3n) is 4.40. The van der Waals surface area contributed by atoms with Crippen LogP contribution in [0.2, 0.25) is 0 Å². The van der Waals surface area contributed by atoms with E-state index in [0.717, 1.165) is 18.4 Å². The molecule has 1 N–H and O–H groups in total. The first-order valence-electron chi connectivity index (χ1n) is 8.51. The van der Waals surface area contributed by atoms with Gasteiger partial charge in [0.1, 0.15) is 0 Å². The van der Waals surface area contributed by atoms with Crippen LogP contribution in [0.15, 0.2) is 59.5 Å². The Kier molecular flexibility index (Phi) is 5.70. The third-order valence-corrected chi connectivity index (χ3v) is 6.31. The van der Waals surface area contributed by atoms with Crippen molar-refractivity contribution < 1.29 is 17.9 Å². The first-order valence-corrected chi connectivity index (χ1v) is 9.95. The fourth-order valence-electron chi connectivity index (χ4n) is 3.02. The number of rotatable bonds is 6. The molecule has 3 rings (SSSR count). The van der Waals surface area contributed by atoms with Gasteiger partial charge in [-0.25, -0.2) is 8.42 Å². The van der Waals surface area contributed by atoms with Crippen LogP contribution in [0.3, 0.4) is 0 Å². The number of hydrogen-bond acceptors (Lipinski definition) is 4. The average molecular weight is 374 g/mol. The lowest BCUT2D eigenvalue weighted by atomic mass is 10.1. The number of hydrogen-bond donors (Lipinski definition) is 1. The van der Waals surface area contributed by atoms with E-state index >= 15 is 0 Å². The van der Waals surface area contributed by atoms with E-state index in [-0.39, 0.29) is 10.8 Å². The zero-order chi connectivity index (χ0) is 18.6. The molecule has 0 unspecified atom stereocenters. The summed E-state index contributed by atoms with van der Waals surface area (Å²) in [5, 5.41) is 2.77. The summed E-state index contributed by atoms with van der Waals surface area (Å²) in [6.07, 6.45) is 1.06. The van der Waals surface area contributed by atoms with Gasteiger partial charge in [0.15, 0.2) is 6.10 Å². The van der Waals surface area contributed by atoms with Gasteiger partial charge in [0.05, 0.1) is 4.90 Å². The number of anilines is 1. The predicted octanol–water partition coefficient (Wildman–Crippen LogP) is 2.80. The van der Waals surface area contributed by atoms with Crippen LogP contribution in [-0.2, 0) is 19.6 Å². The number of nitrogens with zero attached hydrogens (tertiary/aromatic N) is 1. The van der Waals surface area contributed by atoms with Crippen molar-refractivity contribution >= 4 is 21.6 Å². The quantitative estimate of drug-likeness (QED) is 0.844.